The normalized spacial score (nSPS) is 18.0. The van der Waals surface area contributed by atoms with Gasteiger partial charge in [-0.2, -0.15) is 4.98 Å². The molecular weight excluding hydrogens is 316 g/mol. The van der Waals surface area contributed by atoms with Crippen LogP contribution in [-0.4, -0.2) is 55.5 Å². The average Bonchev–Trinajstić information content (AvgIpc) is 3.22. The quantitative estimate of drug-likeness (QED) is 0.726. The zero-order chi connectivity index (χ0) is 17.4. The Labute approximate surface area is 147 Å². The van der Waals surface area contributed by atoms with Gasteiger partial charge in [0, 0.05) is 44.6 Å². The van der Waals surface area contributed by atoms with E-state index >= 15 is 0 Å². The molecule has 1 saturated heterocycles. The van der Waals surface area contributed by atoms with Gasteiger partial charge in [0.2, 0.25) is 5.89 Å². The van der Waals surface area contributed by atoms with Gasteiger partial charge in [0.05, 0.1) is 11.7 Å². The maximum Gasteiger partial charge on any atom is 0.243 e. The Morgan fingerprint density at radius 2 is 1.92 bits per heavy atom. The summed E-state index contributed by atoms with van der Waals surface area (Å²) in [6.45, 7) is 11.0. The molecule has 7 nitrogen and oxygen atoms in total. The van der Waals surface area contributed by atoms with Crippen molar-refractivity contribution in [2.75, 3.05) is 26.2 Å². The van der Waals surface area contributed by atoms with Gasteiger partial charge >= 0.3 is 0 Å². The van der Waals surface area contributed by atoms with E-state index in [0.717, 1.165) is 44.1 Å². The van der Waals surface area contributed by atoms with E-state index in [1.54, 1.807) is 0 Å². The van der Waals surface area contributed by atoms with Gasteiger partial charge < -0.3 is 8.92 Å². The topological polar surface area (TPSA) is 62.7 Å². The lowest BCUT2D eigenvalue weighted by molar-refractivity contribution is 0.0839. The number of aryl methyl sites for hydroxylation is 2. The van der Waals surface area contributed by atoms with E-state index in [0.29, 0.717) is 11.7 Å². The average molecular weight is 340 g/mol. The Balaban J connectivity index is 1.37. The van der Waals surface area contributed by atoms with E-state index in [1.807, 2.05) is 6.92 Å². The highest BCUT2D eigenvalue weighted by molar-refractivity contribution is 5.41. The smallest absolute Gasteiger partial charge is 0.243 e. The third-order valence-electron chi connectivity index (χ3n) is 4.99. The fraction of sp³-hybridized carbons (Fsp3) is 0.500. The molecule has 4 rings (SSSR count). The summed E-state index contributed by atoms with van der Waals surface area (Å²) < 4.78 is 7.48. The van der Waals surface area contributed by atoms with Gasteiger partial charge in [0.1, 0.15) is 5.65 Å². The van der Waals surface area contributed by atoms with E-state index in [1.165, 1.54) is 5.69 Å². The SMILES string of the molecule is Cc1noc([C@@H](C)N2CCN(Cc3cn4c(C)cccc4n3)CC2)n1. The number of pyridine rings is 1. The Kier molecular flexibility index (Phi) is 4.27. The number of aromatic nitrogens is 4. The first-order valence-corrected chi connectivity index (χ1v) is 8.80. The zero-order valence-corrected chi connectivity index (χ0v) is 15.0. The van der Waals surface area contributed by atoms with Crippen molar-refractivity contribution in [2.45, 2.75) is 33.4 Å². The maximum absolute atomic E-state index is 5.32. The first-order chi connectivity index (χ1) is 12.1. The molecule has 1 aliphatic heterocycles. The van der Waals surface area contributed by atoms with Crippen molar-refractivity contribution < 1.29 is 4.52 Å². The van der Waals surface area contributed by atoms with Gasteiger partial charge in [-0.1, -0.05) is 11.2 Å². The minimum atomic E-state index is 0.168. The molecule has 0 radical (unpaired) electrons. The highest BCUT2D eigenvalue weighted by Crippen LogP contribution is 2.20. The molecule has 25 heavy (non-hydrogen) atoms. The van der Waals surface area contributed by atoms with Crippen molar-refractivity contribution >= 4 is 5.65 Å². The Morgan fingerprint density at radius 1 is 1.12 bits per heavy atom. The van der Waals surface area contributed by atoms with E-state index in [4.69, 9.17) is 9.51 Å². The summed E-state index contributed by atoms with van der Waals surface area (Å²) in [7, 11) is 0. The molecule has 0 saturated carbocycles. The van der Waals surface area contributed by atoms with Crippen molar-refractivity contribution in [1.29, 1.82) is 0 Å². The number of nitrogens with zero attached hydrogens (tertiary/aromatic N) is 6. The fourth-order valence-electron chi connectivity index (χ4n) is 3.45. The van der Waals surface area contributed by atoms with Gasteiger partial charge in [0.25, 0.3) is 0 Å². The largest absolute Gasteiger partial charge is 0.338 e. The molecule has 4 heterocycles. The third kappa shape index (κ3) is 3.29. The van der Waals surface area contributed by atoms with E-state index in [9.17, 15) is 0 Å². The molecule has 1 atom stereocenters. The molecule has 1 fully saturated rings. The molecule has 0 aliphatic carbocycles. The molecule has 1 aliphatic rings. The molecule has 3 aromatic rings. The second kappa shape index (κ2) is 6.57. The van der Waals surface area contributed by atoms with E-state index in [2.05, 4.69) is 62.6 Å². The summed E-state index contributed by atoms with van der Waals surface area (Å²) in [5.41, 5.74) is 3.36. The second-order valence-electron chi connectivity index (χ2n) is 6.80. The number of hydrogen-bond acceptors (Lipinski definition) is 6. The van der Waals surface area contributed by atoms with Crippen LogP contribution in [0.3, 0.4) is 0 Å². The molecule has 7 heteroatoms. The monoisotopic (exact) mass is 340 g/mol. The first kappa shape index (κ1) is 16.2. The Hall–Kier alpha value is -2.25. The molecule has 0 N–H and O–H groups in total. The van der Waals surface area contributed by atoms with E-state index < -0.39 is 0 Å². The van der Waals surface area contributed by atoms with Crippen LogP contribution < -0.4 is 0 Å². The third-order valence-corrected chi connectivity index (χ3v) is 4.99. The van der Waals surface area contributed by atoms with Gasteiger partial charge in [0.15, 0.2) is 5.82 Å². The molecule has 0 aromatic carbocycles. The molecule has 0 spiro atoms. The van der Waals surface area contributed by atoms with Crippen LogP contribution in [0.1, 0.15) is 36.1 Å². The molecule has 0 unspecified atom stereocenters. The van der Waals surface area contributed by atoms with Gasteiger partial charge in [-0.15, -0.1) is 0 Å². The standard InChI is InChI=1S/C18H24N6O/c1-13-5-4-6-17-20-16(12-24(13)17)11-22-7-9-23(10-8-22)14(2)18-19-15(3)21-25-18/h4-6,12,14H,7-11H2,1-3H3/t14-/m1/s1. The van der Waals surface area contributed by atoms with Crippen molar-refractivity contribution in [1.82, 2.24) is 29.3 Å². The molecular formula is C18H24N6O. The molecule has 3 aromatic heterocycles. The number of piperazine rings is 1. The highest BCUT2D eigenvalue weighted by atomic mass is 16.5. The summed E-state index contributed by atoms with van der Waals surface area (Å²) >= 11 is 0. The Morgan fingerprint density at radius 3 is 2.60 bits per heavy atom. The second-order valence-corrected chi connectivity index (χ2v) is 6.80. The first-order valence-electron chi connectivity index (χ1n) is 8.80. The number of imidazole rings is 1. The Bertz CT molecular complexity index is 861. The van der Waals surface area contributed by atoms with Crippen molar-refractivity contribution in [3.63, 3.8) is 0 Å². The maximum atomic E-state index is 5.32. The van der Waals surface area contributed by atoms with Gasteiger partial charge in [-0.3, -0.25) is 9.80 Å². The van der Waals surface area contributed by atoms with Crippen LogP contribution in [0.5, 0.6) is 0 Å². The molecule has 132 valence electrons. The van der Waals surface area contributed by atoms with Crippen molar-refractivity contribution in [3.05, 3.63) is 47.5 Å². The van der Waals surface area contributed by atoms with E-state index in [-0.39, 0.29) is 6.04 Å². The summed E-state index contributed by atoms with van der Waals surface area (Å²) in [6, 6.07) is 6.39. The van der Waals surface area contributed by atoms with Crippen LogP contribution in [0.2, 0.25) is 0 Å². The van der Waals surface area contributed by atoms with Crippen LogP contribution >= 0.6 is 0 Å². The van der Waals surface area contributed by atoms with Crippen LogP contribution in [0.15, 0.2) is 28.9 Å². The predicted molar refractivity (Wildman–Crippen MR) is 94.2 cm³/mol. The summed E-state index contributed by atoms with van der Waals surface area (Å²) in [5, 5.41) is 3.90. The van der Waals surface area contributed by atoms with Gasteiger partial charge in [-0.05, 0) is 32.9 Å². The van der Waals surface area contributed by atoms with Crippen LogP contribution in [0.4, 0.5) is 0 Å². The summed E-state index contributed by atoms with van der Waals surface area (Å²) in [6.07, 6.45) is 2.15. The van der Waals surface area contributed by atoms with Gasteiger partial charge in [-0.25, -0.2) is 4.98 Å². The number of fused-ring (bicyclic) bond motifs is 1. The lowest BCUT2D eigenvalue weighted by Crippen LogP contribution is -2.46. The lowest BCUT2D eigenvalue weighted by Gasteiger charge is -2.36. The van der Waals surface area contributed by atoms with Crippen LogP contribution in [-0.2, 0) is 6.54 Å². The lowest BCUT2D eigenvalue weighted by atomic mass is 10.2. The minimum absolute atomic E-state index is 0.168. The predicted octanol–water partition coefficient (Wildman–Crippen LogP) is 2.21. The number of rotatable bonds is 4. The fourth-order valence-corrected chi connectivity index (χ4v) is 3.45. The minimum Gasteiger partial charge on any atom is -0.338 e. The molecule has 0 amide bonds. The summed E-state index contributed by atoms with van der Waals surface area (Å²) in [5.74, 6) is 1.41. The summed E-state index contributed by atoms with van der Waals surface area (Å²) in [4.78, 5) is 14.0. The van der Waals surface area contributed by atoms with Crippen LogP contribution in [0.25, 0.3) is 5.65 Å². The molecule has 0 bridgehead atoms. The van der Waals surface area contributed by atoms with Crippen molar-refractivity contribution in [2.24, 2.45) is 0 Å². The zero-order valence-electron chi connectivity index (χ0n) is 15.0. The van der Waals surface area contributed by atoms with Crippen LogP contribution in [0, 0.1) is 13.8 Å². The van der Waals surface area contributed by atoms with Crippen molar-refractivity contribution in [3.8, 4) is 0 Å². The highest BCUT2D eigenvalue weighted by Gasteiger charge is 2.25. The number of hydrogen-bond donors (Lipinski definition) is 0.